The summed E-state index contributed by atoms with van der Waals surface area (Å²) in [5.41, 5.74) is 2.34. The predicted octanol–water partition coefficient (Wildman–Crippen LogP) is 2.53. The van der Waals surface area contributed by atoms with Gasteiger partial charge in [-0.3, -0.25) is 14.5 Å². The van der Waals surface area contributed by atoms with E-state index in [1.807, 2.05) is 23.8 Å². The van der Waals surface area contributed by atoms with E-state index in [1.165, 1.54) is 15.6 Å². The molecule has 0 bridgehead atoms. The standard InChI is InChI=1S/C20H25N5O/c1-3-25-19(22-23(2)20(25)26)16-7-6-12-24(14-16)13-15-10-11-21-18-9-5-4-8-17(15)18/h4-5,8-11,16H,3,6-7,12-14H2,1-2H3/t16-/m0/s1. The average Bonchev–Trinajstić information content (AvgIpc) is 2.96. The van der Waals surface area contributed by atoms with Crippen LogP contribution in [-0.2, 0) is 20.1 Å². The summed E-state index contributed by atoms with van der Waals surface area (Å²) in [5, 5.41) is 5.75. The van der Waals surface area contributed by atoms with E-state index in [-0.39, 0.29) is 5.69 Å². The summed E-state index contributed by atoms with van der Waals surface area (Å²) in [4.78, 5) is 19.2. The molecule has 1 saturated heterocycles. The van der Waals surface area contributed by atoms with Gasteiger partial charge in [-0.1, -0.05) is 18.2 Å². The van der Waals surface area contributed by atoms with Crippen LogP contribution in [0.4, 0.5) is 0 Å². The van der Waals surface area contributed by atoms with Crippen molar-refractivity contribution in [1.82, 2.24) is 24.2 Å². The highest BCUT2D eigenvalue weighted by atomic mass is 16.2. The zero-order valence-corrected chi connectivity index (χ0v) is 15.4. The highest BCUT2D eigenvalue weighted by Crippen LogP contribution is 2.27. The van der Waals surface area contributed by atoms with Crippen molar-refractivity contribution in [3.05, 3.63) is 58.4 Å². The topological polar surface area (TPSA) is 56.0 Å². The van der Waals surface area contributed by atoms with Crippen molar-refractivity contribution in [2.75, 3.05) is 13.1 Å². The largest absolute Gasteiger partial charge is 0.345 e. The normalized spacial score (nSPS) is 18.5. The zero-order chi connectivity index (χ0) is 18.1. The molecule has 1 aliphatic rings. The average molecular weight is 351 g/mol. The van der Waals surface area contributed by atoms with Crippen molar-refractivity contribution in [3.63, 3.8) is 0 Å². The Kier molecular flexibility index (Phi) is 4.59. The van der Waals surface area contributed by atoms with E-state index in [0.717, 1.165) is 43.8 Å². The second kappa shape index (κ2) is 7.03. The number of likely N-dealkylation sites (tertiary alicyclic amines) is 1. The lowest BCUT2D eigenvalue weighted by Crippen LogP contribution is -2.35. The van der Waals surface area contributed by atoms with Gasteiger partial charge in [0.1, 0.15) is 5.82 Å². The van der Waals surface area contributed by atoms with Crippen LogP contribution >= 0.6 is 0 Å². The van der Waals surface area contributed by atoms with Gasteiger partial charge in [0.25, 0.3) is 0 Å². The van der Waals surface area contributed by atoms with E-state index in [1.54, 1.807) is 7.05 Å². The monoisotopic (exact) mass is 351 g/mol. The molecule has 1 fully saturated rings. The number of hydrogen-bond donors (Lipinski definition) is 0. The fraction of sp³-hybridized carbons (Fsp3) is 0.450. The Balaban J connectivity index is 1.58. The fourth-order valence-corrected chi connectivity index (χ4v) is 4.07. The van der Waals surface area contributed by atoms with Gasteiger partial charge in [-0.2, -0.15) is 5.10 Å². The summed E-state index contributed by atoms with van der Waals surface area (Å²) >= 11 is 0. The van der Waals surface area contributed by atoms with Crippen molar-refractivity contribution in [1.29, 1.82) is 0 Å². The maximum atomic E-state index is 12.2. The van der Waals surface area contributed by atoms with Gasteiger partial charge in [-0.25, -0.2) is 9.48 Å². The Morgan fingerprint density at radius 1 is 1.23 bits per heavy atom. The van der Waals surface area contributed by atoms with E-state index < -0.39 is 0 Å². The smallest absolute Gasteiger partial charge is 0.298 e. The van der Waals surface area contributed by atoms with Crippen LogP contribution < -0.4 is 5.69 Å². The van der Waals surface area contributed by atoms with Crippen molar-refractivity contribution >= 4 is 10.9 Å². The number of benzene rings is 1. The Hall–Kier alpha value is -2.47. The highest BCUT2D eigenvalue weighted by molar-refractivity contribution is 5.81. The molecule has 0 saturated carbocycles. The quantitative estimate of drug-likeness (QED) is 0.725. The fourth-order valence-electron chi connectivity index (χ4n) is 4.07. The first kappa shape index (κ1) is 17.0. The second-order valence-electron chi connectivity index (χ2n) is 7.07. The first-order valence-electron chi connectivity index (χ1n) is 9.36. The third-order valence-electron chi connectivity index (χ3n) is 5.36. The summed E-state index contributed by atoms with van der Waals surface area (Å²) in [6, 6.07) is 10.4. The number of fused-ring (bicyclic) bond motifs is 1. The van der Waals surface area contributed by atoms with Gasteiger partial charge in [0.15, 0.2) is 0 Å². The Bertz CT molecular complexity index is 968. The molecule has 136 valence electrons. The summed E-state index contributed by atoms with van der Waals surface area (Å²) in [6.07, 6.45) is 4.11. The highest BCUT2D eigenvalue weighted by Gasteiger charge is 2.26. The molecule has 0 N–H and O–H groups in total. The Morgan fingerprint density at radius 3 is 2.92 bits per heavy atom. The van der Waals surface area contributed by atoms with Crippen LogP contribution in [0.3, 0.4) is 0 Å². The number of pyridine rings is 1. The first-order chi connectivity index (χ1) is 12.7. The number of aromatic nitrogens is 4. The van der Waals surface area contributed by atoms with Crippen LogP contribution in [0.15, 0.2) is 41.3 Å². The first-order valence-corrected chi connectivity index (χ1v) is 9.36. The number of piperidine rings is 1. The lowest BCUT2D eigenvalue weighted by molar-refractivity contribution is 0.195. The molecule has 0 unspecified atom stereocenters. The maximum Gasteiger partial charge on any atom is 0.345 e. The van der Waals surface area contributed by atoms with Gasteiger partial charge < -0.3 is 0 Å². The van der Waals surface area contributed by atoms with Crippen molar-refractivity contribution in [2.45, 2.75) is 38.8 Å². The van der Waals surface area contributed by atoms with E-state index in [9.17, 15) is 4.79 Å². The number of hydrogen-bond acceptors (Lipinski definition) is 4. The molecule has 0 radical (unpaired) electrons. The van der Waals surface area contributed by atoms with Gasteiger partial charge >= 0.3 is 5.69 Å². The third-order valence-corrected chi connectivity index (χ3v) is 5.36. The van der Waals surface area contributed by atoms with Crippen LogP contribution in [0.5, 0.6) is 0 Å². The second-order valence-corrected chi connectivity index (χ2v) is 7.07. The van der Waals surface area contributed by atoms with Crippen LogP contribution in [0.25, 0.3) is 10.9 Å². The summed E-state index contributed by atoms with van der Waals surface area (Å²) in [7, 11) is 1.74. The van der Waals surface area contributed by atoms with Gasteiger partial charge in [0, 0.05) is 44.2 Å². The van der Waals surface area contributed by atoms with Crippen LogP contribution in [0.1, 0.15) is 37.1 Å². The molecule has 3 heterocycles. The molecule has 6 heteroatoms. The molecule has 0 aliphatic carbocycles. The summed E-state index contributed by atoms with van der Waals surface area (Å²) in [6.45, 7) is 5.61. The number of para-hydroxylation sites is 1. The van der Waals surface area contributed by atoms with E-state index in [4.69, 9.17) is 0 Å². The molecule has 3 aromatic rings. The summed E-state index contributed by atoms with van der Waals surface area (Å²) < 4.78 is 3.28. The number of rotatable bonds is 4. The molecule has 26 heavy (non-hydrogen) atoms. The van der Waals surface area contributed by atoms with Gasteiger partial charge in [-0.15, -0.1) is 0 Å². The Morgan fingerprint density at radius 2 is 2.08 bits per heavy atom. The minimum atomic E-state index is -0.0141. The lowest BCUT2D eigenvalue weighted by atomic mass is 9.96. The van der Waals surface area contributed by atoms with Gasteiger partial charge in [0.05, 0.1) is 5.52 Å². The third kappa shape index (κ3) is 3.05. The lowest BCUT2D eigenvalue weighted by Gasteiger charge is -2.32. The van der Waals surface area contributed by atoms with Crippen molar-refractivity contribution < 1.29 is 0 Å². The van der Waals surface area contributed by atoms with Crippen LogP contribution in [-0.4, -0.2) is 37.3 Å². The molecule has 2 aromatic heterocycles. The van der Waals surface area contributed by atoms with E-state index in [0.29, 0.717) is 12.5 Å². The minimum Gasteiger partial charge on any atom is -0.298 e. The van der Waals surface area contributed by atoms with Crippen LogP contribution in [0, 0.1) is 0 Å². The minimum absolute atomic E-state index is 0.0141. The molecule has 1 atom stereocenters. The molecule has 0 amide bonds. The van der Waals surface area contributed by atoms with Crippen molar-refractivity contribution in [3.8, 4) is 0 Å². The number of nitrogens with zero attached hydrogens (tertiary/aromatic N) is 5. The van der Waals surface area contributed by atoms with E-state index in [2.05, 4.69) is 39.2 Å². The maximum absolute atomic E-state index is 12.2. The molecule has 6 nitrogen and oxygen atoms in total. The molecule has 4 rings (SSSR count). The van der Waals surface area contributed by atoms with Crippen molar-refractivity contribution in [2.24, 2.45) is 7.05 Å². The SMILES string of the molecule is CCn1c([C@H]2CCCN(Cc3ccnc4ccccc34)C2)nn(C)c1=O. The molecule has 0 spiro atoms. The summed E-state index contributed by atoms with van der Waals surface area (Å²) in [5.74, 6) is 1.25. The zero-order valence-electron chi connectivity index (χ0n) is 15.4. The number of aryl methyl sites for hydroxylation is 1. The van der Waals surface area contributed by atoms with Gasteiger partial charge in [-0.05, 0) is 44.0 Å². The predicted molar refractivity (Wildman–Crippen MR) is 102 cm³/mol. The van der Waals surface area contributed by atoms with Crippen LogP contribution in [0.2, 0.25) is 0 Å². The molecular weight excluding hydrogens is 326 g/mol. The van der Waals surface area contributed by atoms with Gasteiger partial charge in [0.2, 0.25) is 0 Å². The van der Waals surface area contributed by atoms with E-state index >= 15 is 0 Å². The molecule has 1 aliphatic heterocycles. The Labute approximate surface area is 153 Å². The molecule has 1 aromatic carbocycles. The molecular formula is C20H25N5O.